The molecule has 0 saturated carbocycles. The van der Waals surface area contributed by atoms with Gasteiger partial charge in [-0.05, 0) is 50.2 Å². The van der Waals surface area contributed by atoms with Gasteiger partial charge in [-0.3, -0.25) is 4.79 Å². The molecular weight excluding hydrogens is 264 g/mol. The fraction of sp³-hybridized carbons (Fsp3) is 0.235. The minimum Gasteiger partial charge on any atom is -0.491 e. The van der Waals surface area contributed by atoms with Crippen LogP contribution in [0.2, 0.25) is 0 Å². The van der Waals surface area contributed by atoms with E-state index in [1.807, 2.05) is 38.1 Å². The van der Waals surface area contributed by atoms with E-state index in [9.17, 15) is 4.79 Å². The Balaban J connectivity index is 2.23. The molecule has 1 amide bonds. The molecule has 0 unspecified atom stereocenters. The first-order valence-corrected chi connectivity index (χ1v) is 6.87. The molecule has 0 saturated heterocycles. The standard InChI is InChI=1S/C17H20N2O2/c1-12(2)21-16-9-4-6-13(10-16)17(20)19(3)15-8-5-7-14(18)11-15/h4-12H,18H2,1-3H3. The Morgan fingerprint density at radius 2 is 1.86 bits per heavy atom. The van der Waals surface area contributed by atoms with Crippen molar-refractivity contribution in [3.05, 3.63) is 54.1 Å². The Morgan fingerprint density at radius 1 is 1.14 bits per heavy atom. The summed E-state index contributed by atoms with van der Waals surface area (Å²) in [4.78, 5) is 14.1. The fourth-order valence-corrected chi connectivity index (χ4v) is 2.02. The SMILES string of the molecule is CC(C)Oc1cccc(C(=O)N(C)c2cccc(N)c2)c1. The average Bonchev–Trinajstić information content (AvgIpc) is 2.45. The van der Waals surface area contributed by atoms with Crippen LogP contribution in [0, 0.1) is 0 Å². The minimum atomic E-state index is -0.102. The zero-order valence-corrected chi connectivity index (χ0v) is 12.5. The fourth-order valence-electron chi connectivity index (χ4n) is 2.02. The van der Waals surface area contributed by atoms with Crippen molar-refractivity contribution in [1.29, 1.82) is 0 Å². The molecule has 4 nitrogen and oxygen atoms in total. The molecule has 0 aliphatic heterocycles. The Kier molecular flexibility index (Phi) is 4.48. The minimum absolute atomic E-state index is 0.0713. The third kappa shape index (κ3) is 3.75. The Bertz CT molecular complexity index is 638. The van der Waals surface area contributed by atoms with Crippen LogP contribution in [0.25, 0.3) is 0 Å². The van der Waals surface area contributed by atoms with Crippen LogP contribution in [-0.2, 0) is 0 Å². The second-order valence-electron chi connectivity index (χ2n) is 5.15. The van der Waals surface area contributed by atoms with Gasteiger partial charge in [-0.2, -0.15) is 0 Å². The van der Waals surface area contributed by atoms with E-state index in [1.54, 1.807) is 36.2 Å². The Labute approximate surface area is 125 Å². The highest BCUT2D eigenvalue weighted by Crippen LogP contribution is 2.21. The van der Waals surface area contributed by atoms with Crippen molar-refractivity contribution >= 4 is 17.3 Å². The van der Waals surface area contributed by atoms with Gasteiger partial charge in [0.05, 0.1) is 6.10 Å². The zero-order valence-electron chi connectivity index (χ0n) is 12.5. The van der Waals surface area contributed by atoms with E-state index in [2.05, 4.69) is 0 Å². The number of nitrogens with two attached hydrogens (primary N) is 1. The molecule has 0 radical (unpaired) electrons. The van der Waals surface area contributed by atoms with Crippen molar-refractivity contribution in [2.75, 3.05) is 17.7 Å². The number of hydrogen-bond acceptors (Lipinski definition) is 3. The van der Waals surface area contributed by atoms with E-state index in [4.69, 9.17) is 10.5 Å². The molecule has 110 valence electrons. The highest BCUT2D eigenvalue weighted by atomic mass is 16.5. The summed E-state index contributed by atoms with van der Waals surface area (Å²) in [7, 11) is 1.73. The van der Waals surface area contributed by atoms with Crippen LogP contribution < -0.4 is 15.4 Å². The number of carbonyl (C=O) groups is 1. The predicted molar refractivity (Wildman–Crippen MR) is 85.8 cm³/mol. The van der Waals surface area contributed by atoms with Crippen molar-refractivity contribution in [2.24, 2.45) is 0 Å². The van der Waals surface area contributed by atoms with Gasteiger partial charge in [0.1, 0.15) is 5.75 Å². The third-order valence-electron chi connectivity index (χ3n) is 3.01. The smallest absolute Gasteiger partial charge is 0.258 e. The van der Waals surface area contributed by atoms with Crippen molar-refractivity contribution < 1.29 is 9.53 Å². The highest BCUT2D eigenvalue weighted by molar-refractivity contribution is 6.06. The number of nitrogen functional groups attached to an aromatic ring is 1. The number of hydrogen-bond donors (Lipinski definition) is 1. The summed E-state index contributed by atoms with van der Waals surface area (Å²) in [5, 5.41) is 0. The molecule has 0 bridgehead atoms. The van der Waals surface area contributed by atoms with Crippen molar-refractivity contribution in [2.45, 2.75) is 20.0 Å². The molecule has 2 aromatic carbocycles. The number of benzene rings is 2. The lowest BCUT2D eigenvalue weighted by atomic mass is 10.1. The van der Waals surface area contributed by atoms with Crippen LogP contribution in [0.4, 0.5) is 11.4 Å². The Morgan fingerprint density at radius 3 is 2.52 bits per heavy atom. The quantitative estimate of drug-likeness (QED) is 0.876. The predicted octanol–water partition coefficient (Wildman–Crippen LogP) is 3.33. The van der Waals surface area contributed by atoms with Crippen LogP contribution >= 0.6 is 0 Å². The monoisotopic (exact) mass is 284 g/mol. The van der Waals surface area contributed by atoms with Gasteiger partial charge in [0.15, 0.2) is 0 Å². The number of anilines is 2. The summed E-state index contributed by atoms with van der Waals surface area (Å²) < 4.78 is 5.62. The first-order chi connectivity index (χ1) is 9.97. The summed E-state index contributed by atoms with van der Waals surface area (Å²) in [6, 6.07) is 14.4. The maximum atomic E-state index is 12.5. The summed E-state index contributed by atoms with van der Waals surface area (Å²) in [6.45, 7) is 3.90. The average molecular weight is 284 g/mol. The topological polar surface area (TPSA) is 55.6 Å². The second-order valence-corrected chi connectivity index (χ2v) is 5.15. The highest BCUT2D eigenvalue weighted by Gasteiger charge is 2.14. The number of amides is 1. The summed E-state index contributed by atoms with van der Waals surface area (Å²) in [5.41, 5.74) is 7.73. The van der Waals surface area contributed by atoms with Crippen molar-refractivity contribution in [3.63, 3.8) is 0 Å². The molecule has 21 heavy (non-hydrogen) atoms. The molecule has 2 rings (SSSR count). The number of rotatable bonds is 4. The van der Waals surface area contributed by atoms with Crippen LogP contribution in [-0.4, -0.2) is 19.1 Å². The summed E-state index contributed by atoms with van der Waals surface area (Å²) >= 11 is 0. The van der Waals surface area contributed by atoms with Gasteiger partial charge in [0.2, 0.25) is 0 Å². The van der Waals surface area contributed by atoms with Gasteiger partial charge in [0, 0.05) is 24.0 Å². The van der Waals surface area contributed by atoms with E-state index >= 15 is 0 Å². The molecule has 4 heteroatoms. The van der Waals surface area contributed by atoms with E-state index in [0.29, 0.717) is 17.0 Å². The molecular formula is C17H20N2O2. The summed E-state index contributed by atoms with van der Waals surface area (Å²) in [5.74, 6) is 0.589. The first kappa shape index (κ1) is 14.9. The van der Waals surface area contributed by atoms with Crippen LogP contribution in [0.1, 0.15) is 24.2 Å². The van der Waals surface area contributed by atoms with Gasteiger partial charge in [0.25, 0.3) is 5.91 Å². The molecule has 2 N–H and O–H groups in total. The van der Waals surface area contributed by atoms with Gasteiger partial charge in [-0.15, -0.1) is 0 Å². The van der Waals surface area contributed by atoms with E-state index in [-0.39, 0.29) is 12.0 Å². The lowest BCUT2D eigenvalue weighted by molar-refractivity contribution is 0.0992. The Hall–Kier alpha value is -2.49. The second kappa shape index (κ2) is 6.31. The maximum absolute atomic E-state index is 12.5. The summed E-state index contributed by atoms with van der Waals surface area (Å²) in [6.07, 6.45) is 0.0713. The van der Waals surface area contributed by atoms with Gasteiger partial charge in [-0.25, -0.2) is 0 Å². The van der Waals surface area contributed by atoms with Crippen LogP contribution in [0.15, 0.2) is 48.5 Å². The van der Waals surface area contributed by atoms with Crippen molar-refractivity contribution in [1.82, 2.24) is 0 Å². The van der Waals surface area contributed by atoms with Crippen LogP contribution in [0.3, 0.4) is 0 Å². The van der Waals surface area contributed by atoms with E-state index < -0.39 is 0 Å². The van der Waals surface area contributed by atoms with Gasteiger partial charge in [-0.1, -0.05) is 12.1 Å². The van der Waals surface area contributed by atoms with Gasteiger partial charge >= 0.3 is 0 Å². The normalized spacial score (nSPS) is 10.5. The van der Waals surface area contributed by atoms with Crippen molar-refractivity contribution in [3.8, 4) is 5.75 Å². The largest absolute Gasteiger partial charge is 0.491 e. The molecule has 2 aromatic rings. The molecule has 0 spiro atoms. The molecule has 0 aliphatic carbocycles. The molecule has 0 fully saturated rings. The van der Waals surface area contributed by atoms with Crippen LogP contribution in [0.5, 0.6) is 5.75 Å². The molecule has 0 atom stereocenters. The lowest BCUT2D eigenvalue weighted by Gasteiger charge is -2.18. The van der Waals surface area contributed by atoms with E-state index in [1.165, 1.54) is 0 Å². The molecule has 0 heterocycles. The van der Waals surface area contributed by atoms with E-state index in [0.717, 1.165) is 5.69 Å². The number of nitrogens with zero attached hydrogens (tertiary/aromatic N) is 1. The third-order valence-corrected chi connectivity index (χ3v) is 3.01. The zero-order chi connectivity index (χ0) is 15.4. The molecule has 0 aromatic heterocycles. The molecule has 0 aliphatic rings. The number of ether oxygens (including phenoxy) is 1. The number of carbonyl (C=O) groups excluding carboxylic acids is 1. The van der Waals surface area contributed by atoms with Gasteiger partial charge < -0.3 is 15.4 Å². The lowest BCUT2D eigenvalue weighted by Crippen LogP contribution is -2.26. The maximum Gasteiger partial charge on any atom is 0.258 e. The first-order valence-electron chi connectivity index (χ1n) is 6.87.